The van der Waals surface area contributed by atoms with Crippen LogP contribution in [0.1, 0.15) is 55.0 Å². The average molecular weight is 595 g/mol. The van der Waals surface area contributed by atoms with E-state index in [1.165, 1.54) is 17.0 Å². The highest BCUT2D eigenvalue weighted by molar-refractivity contribution is 7.80. The Balaban J connectivity index is 1.47. The van der Waals surface area contributed by atoms with Gasteiger partial charge in [-0.3, -0.25) is 14.7 Å². The van der Waals surface area contributed by atoms with Gasteiger partial charge in [-0.1, -0.05) is 31.5 Å². The number of benzene rings is 1. The lowest BCUT2D eigenvalue weighted by Gasteiger charge is -2.29. The first kappa shape index (κ1) is 29.5. The topological polar surface area (TPSA) is 74.7 Å². The van der Waals surface area contributed by atoms with Crippen LogP contribution in [-0.2, 0) is 16.1 Å². The largest absolute Gasteiger partial charge is 0.379 e. The van der Waals surface area contributed by atoms with Crippen LogP contribution in [0, 0.1) is 19.8 Å². The first-order valence-electron chi connectivity index (χ1n) is 14.3. The molecule has 2 saturated heterocycles. The molecule has 8 nitrogen and oxygen atoms in total. The minimum absolute atomic E-state index is 0.0767. The Labute approximate surface area is 253 Å². The molecule has 2 atom stereocenters. The van der Waals surface area contributed by atoms with Crippen LogP contribution in [0.25, 0.3) is 0 Å². The summed E-state index contributed by atoms with van der Waals surface area (Å²) in [4.78, 5) is 21.6. The maximum atomic E-state index is 12.3. The molecule has 3 aromatic rings. The number of hydrogen-bond acceptors (Lipinski definition) is 5. The van der Waals surface area contributed by atoms with Crippen molar-refractivity contribution in [1.29, 1.82) is 0 Å². The van der Waals surface area contributed by atoms with E-state index >= 15 is 0 Å². The molecule has 2 aromatic heterocycles. The number of pyridine rings is 1. The first-order valence-corrected chi connectivity index (χ1v) is 15.1. The Morgan fingerprint density at radius 2 is 1.95 bits per heavy atom. The summed E-state index contributed by atoms with van der Waals surface area (Å²) in [5.41, 5.74) is 6.01. The third kappa shape index (κ3) is 6.43. The van der Waals surface area contributed by atoms with E-state index in [0.29, 0.717) is 15.8 Å². The molecule has 0 aliphatic carbocycles. The third-order valence-electron chi connectivity index (χ3n) is 8.00. The van der Waals surface area contributed by atoms with Crippen molar-refractivity contribution in [2.24, 2.45) is 5.92 Å². The highest BCUT2D eigenvalue weighted by atomic mass is 35.5. The molecule has 218 valence electrons. The maximum Gasteiger partial charge on any atom is 0.226 e. The summed E-state index contributed by atoms with van der Waals surface area (Å²) in [5.74, 6) is -0.221. The van der Waals surface area contributed by atoms with E-state index < -0.39 is 0 Å². The monoisotopic (exact) mass is 594 g/mol. The molecule has 2 fully saturated rings. The molecule has 0 unspecified atom stereocenters. The molecule has 1 aromatic carbocycles. The highest BCUT2D eigenvalue weighted by Gasteiger charge is 2.42. The molecular weight excluding hydrogens is 556 g/mol. The van der Waals surface area contributed by atoms with E-state index in [1.807, 2.05) is 56.4 Å². The van der Waals surface area contributed by atoms with Crippen molar-refractivity contribution >= 4 is 46.2 Å². The smallest absolute Gasteiger partial charge is 0.226 e. The highest BCUT2D eigenvalue weighted by Crippen LogP contribution is 2.44. The summed E-state index contributed by atoms with van der Waals surface area (Å²) in [6.45, 7) is 13.7. The van der Waals surface area contributed by atoms with Gasteiger partial charge < -0.3 is 24.8 Å². The van der Waals surface area contributed by atoms with Crippen LogP contribution in [0.3, 0.4) is 0 Å². The minimum atomic E-state index is -0.148. The Hall–Kier alpha value is -2.98. The number of rotatable bonds is 9. The van der Waals surface area contributed by atoms with Crippen LogP contribution in [0.5, 0.6) is 0 Å². The zero-order chi connectivity index (χ0) is 29.1. The van der Waals surface area contributed by atoms with Crippen molar-refractivity contribution in [2.75, 3.05) is 43.1 Å². The van der Waals surface area contributed by atoms with Gasteiger partial charge in [-0.05, 0) is 74.4 Å². The van der Waals surface area contributed by atoms with E-state index in [-0.39, 0.29) is 23.9 Å². The van der Waals surface area contributed by atoms with Crippen molar-refractivity contribution in [2.45, 2.75) is 52.7 Å². The van der Waals surface area contributed by atoms with Crippen LogP contribution < -0.4 is 15.5 Å². The van der Waals surface area contributed by atoms with Gasteiger partial charge in [-0.15, -0.1) is 0 Å². The molecule has 10 heteroatoms. The lowest BCUT2D eigenvalue weighted by atomic mass is 9.96. The number of hydrogen-bond donors (Lipinski definition) is 2. The Morgan fingerprint density at radius 3 is 2.63 bits per heavy atom. The summed E-state index contributed by atoms with van der Waals surface area (Å²) in [6.07, 6.45) is 2.89. The minimum Gasteiger partial charge on any atom is -0.379 e. The van der Waals surface area contributed by atoms with Gasteiger partial charge in [0, 0.05) is 55.4 Å². The molecule has 0 spiro atoms. The number of aryl methyl sites for hydroxylation is 1. The zero-order valence-corrected chi connectivity index (χ0v) is 25.8. The average Bonchev–Trinajstić information content (AvgIpc) is 3.45. The van der Waals surface area contributed by atoms with Crippen LogP contribution in [0.4, 0.5) is 11.4 Å². The van der Waals surface area contributed by atoms with Crippen molar-refractivity contribution < 1.29 is 9.53 Å². The molecule has 2 aliphatic rings. The summed E-state index contributed by atoms with van der Waals surface area (Å²) in [7, 11) is 0. The number of nitrogens with one attached hydrogen (secondary N) is 2. The Morgan fingerprint density at radius 1 is 1.17 bits per heavy atom. The van der Waals surface area contributed by atoms with Crippen LogP contribution in [-0.4, -0.2) is 58.3 Å². The van der Waals surface area contributed by atoms with Crippen molar-refractivity contribution in [3.8, 4) is 0 Å². The van der Waals surface area contributed by atoms with Gasteiger partial charge in [0.15, 0.2) is 5.11 Å². The maximum absolute atomic E-state index is 12.3. The lowest BCUT2D eigenvalue weighted by molar-refractivity contribution is -0.118. The van der Waals surface area contributed by atoms with Crippen LogP contribution in [0.2, 0.25) is 5.02 Å². The molecule has 4 heterocycles. The molecule has 0 saturated carbocycles. The Bertz CT molecular complexity index is 1390. The number of aromatic nitrogens is 2. The van der Waals surface area contributed by atoms with E-state index in [1.54, 1.807) is 0 Å². The van der Waals surface area contributed by atoms with Gasteiger partial charge in [0.2, 0.25) is 5.91 Å². The van der Waals surface area contributed by atoms with Crippen molar-refractivity contribution in [3.05, 3.63) is 76.3 Å². The lowest BCUT2D eigenvalue weighted by Crippen LogP contribution is -2.37. The standard InChI is InChI=1S/C31H39ClN6O2S/c1-20(2)30(39)34-26-10-9-23(19-25(26)32)38-29(28(35-31(38)41)27-8-5-6-11-33-27)24-18-21(3)37(22(24)4)13-7-12-36-14-16-40-17-15-36/h5-6,8-11,18-20,28-29H,7,12-17H2,1-4H3,(H,34,39)(H,35,41)/t28-,29-/m0/s1. The number of halogens is 1. The fraction of sp³-hybridized carbons (Fsp3) is 0.452. The normalized spacial score (nSPS) is 19.6. The van der Waals surface area contributed by atoms with Gasteiger partial charge in [0.1, 0.15) is 0 Å². The second-order valence-electron chi connectivity index (χ2n) is 11.1. The van der Waals surface area contributed by atoms with E-state index in [9.17, 15) is 4.79 Å². The van der Waals surface area contributed by atoms with Crippen LogP contribution in [0.15, 0.2) is 48.7 Å². The quantitative estimate of drug-likeness (QED) is 0.310. The molecular formula is C31H39ClN6O2S. The molecule has 0 bridgehead atoms. The number of ether oxygens (including phenoxy) is 1. The van der Waals surface area contributed by atoms with Gasteiger partial charge in [0.05, 0.1) is 41.7 Å². The van der Waals surface area contributed by atoms with E-state index in [0.717, 1.165) is 57.2 Å². The van der Waals surface area contributed by atoms with Gasteiger partial charge in [-0.25, -0.2) is 0 Å². The molecule has 0 radical (unpaired) electrons. The van der Waals surface area contributed by atoms with E-state index in [2.05, 4.69) is 44.9 Å². The first-order chi connectivity index (χ1) is 19.7. The second kappa shape index (κ2) is 12.9. The summed E-state index contributed by atoms with van der Waals surface area (Å²) >= 11 is 12.6. The summed E-state index contributed by atoms with van der Waals surface area (Å²) < 4.78 is 7.92. The predicted octanol–water partition coefficient (Wildman–Crippen LogP) is 5.65. The van der Waals surface area contributed by atoms with Crippen molar-refractivity contribution in [1.82, 2.24) is 19.8 Å². The Kier molecular flexibility index (Phi) is 9.28. The SMILES string of the molecule is Cc1cc([C@H]2[C@H](c3ccccn3)NC(=S)N2c2ccc(NC(=O)C(C)C)c(Cl)c2)c(C)n1CCCN1CCOCC1. The number of amides is 1. The number of anilines is 2. The second-order valence-corrected chi connectivity index (χ2v) is 11.9. The summed E-state index contributed by atoms with van der Waals surface area (Å²) in [6, 6.07) is 13.7. The zero-order valence-electron chi connectivity index (χ0n) is 24.2. The number of carbonyl (C=O) groups is 1. The molecule has 41 heavy (non-hydrogen) atoms. The number of morpholine rings is 1. The van der Waals surface area contributed by atoms with Gasteiger partial charge >= 0.3 is 0 Å². The van der Waals surface area contributed by atoms with E-state index in [4.69, 9.17) is 33.5 Å². The van der Waals surface area contributed by atoms with Gasteiger partial charge in [-0.2, -0.15) is 0 Å². The van der Waals surface area contributed by atoms with Gasteiger partial charge in [0.25, 0.3) is 0 Å². The number of thiocarbonyl (C=S) groups is 1. The summed E-state index contributed by atoms with van der Waals surface area (Å²) in [5, 5.41) is 7.54. The van der Waals surface area contributed by atoms with Crippen molar-refractivity contribution in [3.63, 3.8) is 0 Å². The molecule has 1 amide bonds. The fourth-order valence-electron chi connectivity index (χ4n) is 5.73. The fourth-order valence-corrected chi connectivity index (χ4v) is 6.30. The number of nitrogens with zero attached hydrogens (tertiary/aromatic N) is 4. The molecule has 2 N–H and O–H groups in total. The van der Waals surface area contributed by atoms with Crippen LogP contribution >= 0.6 is 23.8 Å². The number of carbonyl (C=O) groups excluding carboxylic acids is 1. The predicted molar refractivity (Wildman–Crippen MR) is 169 cm³/mol. The third-order valence-corrected chi connectivity index (χ3v) is 8.63. The molecule has 2 aliphatic heterocycles. The molecule has 5 rings (SSSR count).